The first-order chi connectivity index (χ1) is 8.03. The number of hydrogen-bond donors (Lipinski definition) is 2. The first-order valence-corrected chi connectivity index (χ1v) is 6.24. The summed E-state index contributed by atoms with van der Waals surface area (Å²) >= 11 is 0. The number of ether oxygens (including phenoxy) is 2. The number of rotatable bonds is 7. The molecule has 0 saturated carbocycles. The molecule has 0 bridgehead atoms. The highest BCUT2D eigenvalue weighted by Crippen LogP contribution is 2.11. The van der Waals surface area contributed by atoms with Crippen molar-refractivity contribution in [2.24, 2.45) is 5.73 Å². The molecule has 1 fully saturated rings. The lowest BCUT2D eigenvalue weighted by Crippen LogP contribution is -2.49. The van der Waals surface area contributed by atoms with Gasteiger partial charge in [-0.05, 0) is 26.7 Å². The SMILES string of the molecule is CC(C)(CN)NC(=O)CCOCC1CCCO1.Cl. The highest BCUT2D eigenvalue weighted by atomic mass is 35.5. The molecular formula is C12H25ClN2O3. The van der Waals surface area contributed by atoms with Crippen LogP contribution in [-0.4, -0.2) is 43.9 Å². The van der Waals surface area contributed by atoms with Gasteiger partial charge in [-0.3, -0.25) is 4.79 Å². The second-order valence-electron chi connectivity index (χ2n) is 5.10. The maximum absolute atomic E-state index is 11.5. The van der Waals surface area contributed by atoms with Crippen LogP contribution in [0.5, 0.6) is 0 Å². The zero-order valence-corrected chi connectivity index (χ0v) is 12.1. The minimum Gasteiger partial charge on any atom is -0.378 e. The van der Waals surface area contributed by atoms with Gasteiger partial charge in [-0.1, -0.05) is 0 Å². The van der Waals surface area contributed by atoms with Crippen LogP contribution in [0.25, 0.3) is 0 Å². The number of nitrogens with one attached hydrogen (secondary N) is 1. The maximum Gasteiger partial charge on any atom is 0.222 e. The molecule has 1 aliphatic rings. The number of halogens is 1. The van der Waals surface area contributed by atoms with Crippen molar-refractivity contribution in [1.82, 2.24) is 5.32 Å². The minimum atomic E-state index is -0.342. The third-order valence-electron chi connectivity index (χ3n) is 2.79. The topological polar surface area (TPSA) is 73.6 Å². The summed E-state index contributed by atoms with van der Waals surface area (Å²) < 4.78 is 10.8. The Morgan fingerprint density at radius 2 is 2.28 bits per heavy atom. The molecule has 1 saturated heterocycles. The smallest absolute Gasteiger partial charge is 0.222 e. The molecule has 1 heterocycles. The van der Waals surface area contributed by atoms with Gasteiger partial charge in [-0.2, -0.15) is 0 Å². The van der Waals surface area contributed by atoms with Crippen LogP contribution in [0.4, 0.5) is 0 Å². The summed E-state index contributed by atoms with van der Waals surface area (Å²) in [5.41, 5.74) is 5.19. The van der Waals surface area contributed by atoms with E-state index in [-0.39, 0.29) is 30.0 Å². The van der Waals surface area contributed by atoms with Crippen molar-refractivity contribution in [2.75, 3.05) is 26.4 Å². The van der Waals surface area contributed by atoms with Crippen molar-refractivity contribution in [3.63, 3.8) is 0 Å². The fraction of sp³-hybridized carbons (Fsp3) is 0.917. The highest BCUT2D eigenvalue weighted by Gasteiger charge is 2.18. The van der Waals surface area contributed by atoms with E-state index in [0.29, 0.717) is 26.2 Å². The van der Waals surface area contributed by atoms with Gasteiger partial charge in [0.15, 0.2) is 0 Å². The largest absolute Gasteiger partial charge is 0.378 e. The predicted octanol–water partition coefficient (Wildman–Crippen LogP) is 0.847. The molecule has 1 unspecified atom stereocenters. The second-order valence-corrected chi connectivity index (χ2v) is 5.10. The summed E-state index contributed by atoms with van der Waals surface area (Å²) in [4.78, 5) is 11.5. The zero-order valence-electron chi connectivity index (χ0n) is 11.2. The molecule has 108 valence electrons. The van der Waals surface area contributed by atoms with Crippen LogP contribution in [-0.2, 0) is 14.3 Å². The van der Waals surface area contributed by atoms with Crippen LogP contribution >= 0.6 is 12.4 Å². The third-order valence-corrected chi connectivity index (χ3v) is 2.79. The Kier molecular flexibility index (Phi) is 8.52. The van der Waals surface area contributed by atoms with E-state index in [1.165, 1.54) is 0 Å². The molecular weight excluding hydrogens is 256 g/mol. The lowest BCUT2D eigenvalue weighted by atomic mass is 10.1. The van der Waals surface area contributed by atoms with Crippen molar-refractivity contribution in [2.45, 2.75) is 44.8 Å². The molecule has 0 aliphatic carbocycles. The number of hydrogen-bond acceptors (Lipinski definition) is 4. The summed E-state index contributed by atoms with van der Waals surface area (Å²) in [5.74, 6) is -0.0206. The number of carbonyl (C=O) groups excluding carboxylic acids is 1. The van der Waals surface area contributed by atoms with Crippen molar-refractivity contribution >= 4 is 18.3 Å². The molecule has 1 amide bonds. The van der Waals surface area contributed by atoms with Crippen LogP contribution < -0.4 is 11.1 Å². The van der Waals surface area contributed by atoms with Crippen LogP contribution in [0.2, 0.25) is 0 Å². The fourth-order valence-corrected chi connectivity index (χ4v) is 1.65. The maximum atomic E-state index is 11.5. The summed E-state index contributed by atoms with van der Waals surface area (Å²) in [5, 5.41) is 2.86. The lowest BCUT2D eigenvalue weighted by Gasteiger charge is -2.24. The van der Waals surface area contributed by atoms with E-state index >= 15 is 0 Å². The summed E-state index contributed by atoms with van der Waals surface area (Å²) in [7, 11) is 0. The van der Waals surface area contributed by atoms with Gasteiger partial charge in [-0.25, -0.2) is 0 Å². The Bertz CT molecular complexity index is 243. The van der Waals surface area contributed by atoms with E-state index in [2.05, 4.69) is 5.32 Å². The fourth-order valence-electron chi connectivity index (χ4n) is 1.65. The molecule has 1 aliphatic heterocycles. The quantitative estimate of drug-likeness (QED) is 0.678. The first kappa shape index (κ1) is 17.6. The standard InChI is InChI=1S/C12H24N2O3.ClH/c1-12(2,9-13)14-11(15)5-7-16-8-10-4-3-6-17-10;/h10H,3-9,13H2,1-2H3,(H,14,15);1H. The molecule has 18 heavy (non-hydrogen) atoms. The summed E-state index contributed by atoms with van der Waals surface area (Å²) in [6.45, 7) is 6.09. The van der Waals surface area contributed by atoms with Crippen LogP contribution in [0.1, 0.15) is 33.1 Å². The first-order valence-electron chi connectivity index (χ1n) is 6.24. The molecule has 6 heteroatoms. The highest BCUT2D eigenvalue weighted by molar-refractivity contribution is 5.85. The van der Waals surface area contributed by atoms with E-state index in [1.807, 2.05) is 13.8 Å². The monoisotopic (exact) mass is 280 g/mol. The molecule has 0 aromatic rings. The zero-order chi connectivity index (χ0) is 12.7. The average Bonchev–Trinajstić information content (AvgIpc) is 2.77. The average molecular weight is 281 g/mol. The number of nitrogens with two attached hydrogens (primary N) is 1. The van der Waals surface area contributed by atoms with Crippen molar-refractivity contribution < 1.29 is 14.3 Å². The Labute approximate surface area is 115 Å². The Morgan fingerprint density at radius 3 is 2.83 bits per heavy atom. The Balaban J connectivity index is 0.00000289. The normalized spacial score (nSPS) is 19.4. The minimum absolute atomic E-state index is 0. The predicted molar refractivity (Wildman–Crippen MR) is 72.9 cm³/mol. The van der Waals surface area contributed by atoms with E-state index in [1.54, 1.807) is 0 Å². The summed E-state index contributed by atoms with van der Waals surface area (Å²) in [6, 6.07) is 0. The van der Waals surface area contributed by atoms with E-state index in [4.69, 9.17) is 15.2 Å². The lowest BCUT2D eigenvalue weighted by molar-refractivity contribution is -0.124. The van der Waals surface area contributed by atoms with Gasteiger partial charge in [-0.15, -0.1) is 12.4 Å². The summed E-state index contributed by atoms with van der Waals surface area (Å²) in [6.07, 6.45) is 2.76. The van der Waals surface area contributed by atoms with Crippen molar-refractivity contribution in [3.8, 4) is 0 Å². The van der Waals surface area contributed by atoms with E-state index in [0.717, 1.165) is 19.4 Å². The van der Waals surface area contributed by atoms with Gasteiger partial charge in [0.25, 0.3) is 0 Å². The van der Waals surface area contributed by atoms with Gasteiger partial charge in [0.1, 0.15) is 0 Å². The van der Waals surface area contributed by atoms with Crippen molar-refractivity contribution in [1.29, 1.82) is 0 Å². The van der Waals surface area contributed by atoms with Crippen LogP contribution in [0.15, 0.2) is 0 Å². The Hall–Kier alpha value is -0.360. The molecule has 5 nitrogen and oxygen atoms in total. The Morgan fingerprint density at radius 1 is 1.56 bits per heavy atom. The van der Waals surface area contributed by atoms with E-state index < -0.39 is 0 Å². The van der Waals surface area contributed by atoms with Gasteiger partial charge >= 0.3 is 0 Å². The van der Waals surface area contributed by atoms with Crippen molar-refractivity contribution in [3.05, 3.63) is 0 Å². The number of carbonyl (C=O) groups is 1. The molecule has 3 N–H and O–H groups in total. The van der Waals surface area contributed by atoms with E-state index in [9.17, 15) is 4.79 Å². The molecule has 0 aromatic heterocycles. The van der Waals surface area contributed by atoms with Gasteiger partial charge in [0.05, 0.1) is 19.3 Å². The van der Waals surface area contributed by atoms with Gasteiger partial charge in [0.2, 0.25) is 5.91 Å². The van der Waals surface area contributed by atoms with Gasteiger partial charge < -0.3 is 20.5 Å². The third kappa shape index (κ3) is 7.16. The molecule has 1 atom stereocenters. The molecule has 0 spiro atoms. The number of amides is 1. The molecule has 0 radical (unpaired) electrons. The van der Waals surface area contributed by atoms with Crippen LogP contribution in [0.3, 0.4) is 0 Å². The molecule has 0 aromatic carbocycles. The van der Waals surface area contributed by atoms with Gasteiger partial charge in [0, 0.05) is 25.1 Å². The second kappa shape index (κ2) is 8.69. The van der Waals surface area contributed by atoms with Crippen LogP contribution in [0, 0.1) is 0 Å². The molecule has 1 rings (SSSR count).